The number of carbonyl (C=O) groups excluding carboxylic acids is 1. The van der Waals surface area contributed by atoms with Crippen molar-refractivity contribution in [3.63, 3.8) is 0 Å². The molecule has 2 rings (SSSR count). The SMILES string of the molecule is C=C(N)/C=C\C1=C(C)C2(CC2)[C@@H](C)OC1=O. The van der Waals surface area contributed by atoms with Gasteiger partial charge in [-0.2, -0.15) is 0 Å². The molecule has 16 heavy (non-hydrogen) atoms. The minimum Gasteiger partial charge on any atom is -0.458 e. The van der Waals surface area contributed by atoms with Gasteiger partial charge in [0.05, 0.1) is 5.57 Å². The molecule has 1 aliphatic carbocycles. The molecule has 1 aliphatic heterocycles. The summed E-state index contributed by atoms with van der Waals surface area (Å²) in [6, 6.07) is 0. The zero-order valence-corrected chi connectivity index (χ0v) is 9.75. The van der Waals surface area contributed by atoms with E-state index in [0.29, 0.717) is 11.3 Å². The van der Waals surface area contributed by atoms with E-state index in [1.165, 1.54) is 0 Å². The van der Waals surface area contributed by atoms with Crippen molar-refractivity contribution in [1.29, 1.82) is 0 Å². The highest BCUT2D eigenvalue weighted by atomic mass is 16.5. The molecule has 1 spiro atoms. The zero-order valence-electron chi connectivity index (χ0n) is 9.75. The standard InChI is InChI=1S/C13H17NO2/c1-8(14)4-5-11-9(2)13(6-7-13)10(3)16-12(11)15/h4-5,10H,1,6-7,14H2,2-3H3/b5-4-/t10-/m1/s1. The van der Waals surface area contributed by atoms with Crippen LogP contribution in [-0.4, -0.2) is 12.1 Å². The molecule has 0 unspecified atom stereocenters. The molecule has 2 N–H and O–H groups in total. The highest BCUT2D eigenvalue weighted by molar-refractivity contribution is 5.94. The first-order chi connectivity index (χ1) is 7.47. The molecular weight excluding hydrogens is 202 g/mol. The van der Waals surface area contributed by atoms with Crippen LogP contribution in [0.25, 0.3) is 0 Å². The molecule has 0 radical (unpaired) electrons. The van der Waals surface area contributed by atoms with Crippen molar-refractivity contribution in [3.05, 3.63) is 35.6 Å². The Hall–Kier alpha value is -1.51. The normalized spacial score (nSPS) is 27.4. The maximum atomic E-state index is 11.7. The van der Waals surface area contributed by atoms with Crippen molar-refractivity contribution in [2.45, 2.75) is 32.8 Å². The van der Waals surface area contributed by atoms with Crippen molar-refractivity contribution in [3.8, 4) is 0 Å². The molecule has 2 aliphatic rings. The maximum absolute atomic E-state index is 11.7. The van der Waals surface area contributed by atoms with Crippen LogP contribution in [0.15, 0.2) is 35.6 Å². The van der Waals surface area contributed by atoms with E-state index in [-0.39, 0.29) is 17.5 Å². The van der Waals surface area contributed by atoms with Gasteiger partial charge in [0.25, 0.3) is 0 Å². The first-order valence-electron chi connectivity index (χ1n) is 5.52. The van der Waals surface area contributed by atoms with Gasteiger partial charge in [0.2, 0.25) is 0 Å². The topological polar surface area (TPSA) is 52.3 Å². The third-order valence-electron chi connectivity index (χ3n) is 3.69. The Balaban J connectivity index is 2.37. The molecule has 0 aromatic rings. The average molecular weight is 219 g/mol. The van der Waals surface area contributed by atoms with E-state index in [9.17, 15) is 4.79 Å². The van der Waals surface area contributed by atoms with Crippen LogP contribution in [0.1, 0.15) is 26.7 Å². The van der Waals surface area contributed by atoms with E-state index in [1.807, 2.05) is 13.8 Å². The highest BCUT2D eigenvalue weighted by Crippen LogP contribution is 2.58. The van der Waals surface area contributed by atoms with E-state index in [1.54, 1.807) is 12.2 Å². The Morgan fingerprint density at radius 2 is 2.25 bits per heavy atom. The molecule has 1 fully saturated rings. The third kappa shape index (κ3) is 1.56. The minimum absolute atomic E-state index is 0.00164. The second-order valence-corrected chi connectivity index (χ2v) is 4.65. The summed E-state index contributed by atoms with van der Waals surface area (Å²) >= 11 is 0. The fourth-order valence-corrected chi connectivity index (χ4v) is 2.36. The lowest BCUT2D eigenvalue weighted by Gasteiger charge is -2.31. The van der Waals surface area contributed by atoms with Crippen molar-refractivity contribution >= 4 is 5.97 Å². The second-order valence-electron chi connectivity index (χ2n) is 4.65. The summed E-state index contributed by atoms with van der Waals surface area (Å²) in [5.74, 6) is -0.250. The van der Waals surface area contributed by atoms with E-state index in [0.717, 1.165) is 18.4 Å². The third-order valence-corrected chi connectivity index (χ3v) is 3.69. The van der Waals surface area contributed by atoms with Gasteiger partial charge in [-0.1, -0.05) is 6.58 Å². The molecule has 0 aromatic heterocycles. The summed E-state index contributed by atoms with van der Waals surface area (Å²) in [4.78, 5) is 11.7. The van der Waals surface area contributed by atoms with Crippen LogP contribution in [-0.2, 0) is 9.53 Å². The Morgan fingerprint density at radius 3 is 2.75 bits per heavy atom. The van der Waals surface area contributed by atoms with E-state index < -0.39 is 0 Å². The largest absolute Gasteiger partial charge is 0.458 e. The summed E-state index contributed by atoms with van der Waals surface area (Å²) in [6.07, 6.45) is 5.57. The predicted octanol–water partition coefficient (Wildman–Crippen LogP) is 2.06. The summed E-state index contributed by atoms with van der Waals surface area (Å²) in [6.45, 7) is 7.56. The zero-order chi connectivity index (χ0) is 11.9. The van der Waals surface area contributed by atoms with E-state index in [2.05, 4.69) is 6.58 Å². The fraction of sp³-hybridized carbons (Fsp3) is 0.462. The lowest BCUT2D eigenvalue weighted by molar-refractivity contribution is -0.147. The first-order valence-corrected chi connectivity index (χ1v) is 5.52. The number of allylic oxidation sites excluding steroid dienone is 1. The summed E-state index contributed by atoms with van der Waals surface area (Å²) in [5.41, 5.74) is 7.77. The van der Waals surface area contributed by atoms with Gasteiger partial charge >= 0.3 is 5.97 Å². The van der Waals surface area contributed by atoms with Crippen LogP contribution in [0.5, 0.6) is 0 Å². The highest BCUT2D eigenvalue weighted by Gasteiger charge is 2.54. The number of hydrogen-bond acceptors (Lipinski definition) is 3. The number of carbonyl (C=O) groups is 1. The Kier molecular flexibility index (Phi) is 2.41. The van der Waals surface area contributed by atoms with Gasteiger partial charge in [-0.25, -0.2) is 4.79 Å². The van der Waals surface area contributed by atoms with Crippen LogP contribution < -0.4 is 5.73 Å². The monoisotopic (exact) mass is 219 g/mol. The van der Waals surface area contributed by atoms with Crippen molar-refractivity contribution in [2.24, 2.45) is 11.1 Å². The van der Waals surface area contributed by atoms with Gasteiger partial charge in [-0.3, -0.25) is 0 Å². The molecule has 1 atom stereocenters. The molecule has 0 amide bonds. The number of rotatable bonds is 2. The molecule has 1 saturated carbocycles. The van der Waals surface area contributed by atoms with Gasteiger partial charge in [0.1, 0.15) is 6.10 Å². The lowest BCUT2D eigenvalue weighted by Crippen LogP contribution is -2.33. The van der Waals surface area contributed by atoms with Crippen LogP contribution in [0.2, 0.25) is 0 Å². The molecular formula is C13H17NO2. The van der Waals surface area contributed by atoms with Crippen LogP contribution in [0.3, 0.4) is 0 Å². The molecule has 3 nitrogen and oxygen atoms in total. The molecule has 3 heteroatoms. The number of hydrogen-bond donors (Lipinski definition) is 1. The van der Waals surface area contributed by atoms with Gasteiger partial charge in [-0.15, -0.1) is 0 Å². The number of cyclic esters (lactones) is 1. The van der Waals surface area contributed by atoms with Crippen LogP contribution in [0, 0.1) is 5.41 Å². The predicted molar refractivity (Wildman–Crippen MR) is 62.4 cm³/mol. The van der Waals surface area contributed by atoms with Crippen LogP contribution in [0.4, 0.5) is 0 Å². The van der Waals surface area contributed by atoms with Gasteiger partial charge in [0.15, 0.2) is 0 Å². The molecule has 1 heterocycles. The Labute approximate surface area is 95.7 Å². The van der Waals surface area contributed by atoms with Crippen LogP contribution >= 0.6 is 0 Å². The number of esters is 1. The van der Waals surface area contributed by atoms with Crippen molar-refractivity contribution in [2.75, 3.05) is 0 Å². The Bertz CT molecular complexity index is 414. The summed E-state index contributed by atoms with van der Waals surface area (Å²) in [5, 5.41) is 0. The van der Waals surface area contributed by atoms with E-state index in [4.69, 9.17) is 10.5 Å². The molecule has 0 saturated heterocycles. The smallest absolute Gasteiger partial charge is 0.338 e. The quantitative estimate of drug-likeness (QED) is 0.571. The minimum atomic E-state index is -0.250. The Morgan fingerprint density at radius 1 is 1.62 bits per heavy atom. The van der Waals surface area contributed by atoms with E-state index >= 15 is 0 Å². The lowest BCUT2D eigenvalue weighted by atomic mass is 9.85. The number of ether oxygens (including phenoxy) is 1. The maximum Gasteiger partial charge on any atom is 0.338 e. The second kappa shape index (κ2) is 3.51. The molecule has 0 aromatic carbocycles. The molecule has 0 bridgehead atoms. The average Bonchev–Trinajstić information content (AvgIpc) is 2.95. The summed E-state index contributed by atoms with van der Waals surface area (Å²) < 4.78 is 5.36. The van der Waals surface area contributed by atoms with Gasteiger partial charge in [-0.05, 0) is 44.4 Å². The number of nitrogens with two attached hydrogens (primary N) is 1. The van der Waals surface area contributed by atoms with Crippen molar-refractivity contribution in [1.82, 2.24) is 0 Å². The van der Waals surface area contributed by atoms with Crippen molar-refractivity contribution < 1.29 is 9.53 Å². The summed E-state index contributed by atoms with van der Waals surface area (Å²) in [7, 11) is 0. The fourth-order valence-electron chi connectivity index (χ4n) is 2.36. The van der Waals surface area contributed by atoms with Gasteiger partial charge in [0, 0.05) is 11.1 Å². The van der Waals surface area contributed by atoms with Gasteiger partial charge < -0.3 is 10.5 Å². The molecule has 86 valence electrons. The first kappa shape index (κ1) is 11.0.